The summed E-state index contributed by atoms with van der Waals surface area (Å²) >= 11 is 0. The smallest absolute Gasteiger partial charge is 0.322 e. The van der Waals surface area contributed by atoms with Crippen LogP contribution < -0.4 is 15.6 Å². The zero-order valence-corrected chi connectivity index (χ0v) is 20.7. The molecule has 12 nitrogen and oxygen atoms in total. The SMILES string of the molecule is Cc1noc(C)c1S(=O)(=O)N[C@@H](Cc1nc2ccc(/C=C/CNc3ccccn3)cc2c(=O)[nH]1)C(=O)O. The van der Waals surface area contributed by atoms with E-state index in [1.807, 2.05) is 30.4 Å². The van der Waals surface area contributed by atoms with E-state index in [2.05, 4.69) is 30.1 Å². The van der Waals surface area contributed by atoms with Crippen LogP contribution >= 0.6 is 0 Å². The van der Waals surface area contributed by atoms with E-state index in [1.165, 1.54) is 13.8 Å². The van der Waals surface area contributed by atoms with Crippen molar-refractivity contribution in [2.24, 2.45) is 0 Å². The topological polar surface area (TPSA) is 180 Å². The normalized spacial score (nSPS) is 12.7. The fraction of sp³-hybridized carbons (Fsp3) is 0.208. The van der Waals surface area contributed by atoms with Crippen LogP contribution in [-0.4, -0.2) is 52.2 Å². The van der Waals surface area contributed by atoms with Crippen molar-refractivity contribution < 1.29 is 22.8 Å². The molecular formula is C24H24N6O6S. The Morgan fingerprint density at radius 1 is 1.24 bits per heavy atom. The number of aliphatic carboxylic acids is 1. The predicted molar refractivity (Wildman–Crippen MR) is 136 cm³/mol. The van der Waals surface area contributed by atoms with Crippen LogP contribution in [0.1, 0.15) is 22.8 Å². The molecule has 37 heavy (non-hydrogen) atoms. The number of carboxylic acids is 1. The number of hydrogen-bond donors (Lipinski definition) is 4. The zero-order valence-electron chi connectivity index (χ0n) is 19.9. The number of H-pyrrole nitrogens is 1. The van der Waals surface area contributed by atoms with Crippen molar-refractivity contribution in [3.63, 3.8) is 0 Å². The molecule has 192 valence electrons. The number of benzene rings is 1. The molecule has 0 fully saturated rings. The van der Waals surface area contributed by atoms with E-state index in [0.717, 1.165) is 11.4 Å². The Kier molecular flexibility index (Phi) is 7.45. The van der Waals surface area contributed by atoms with Gasteiger partial charge in [-0.2, -0.15) is 4.72 Å². The number of carbonyl (C=O) groups is 1. The van der Waals surface area contributed by atoms with Gasteiger partial charge in [0.15, 0.2) is 5.76 Å². The van der Waals surface area contributed by atoms with Gasteiger partial charge in [-0.3, -0.25) is 9.59 Å². The van der Waals surface area contributed by atoms with E-state index in [-0.39, 0.29) is 28.6 Å². The fourth-order valence-electron chi connectivity index (χ4n) is 3.71. The van der Waals surface area contributed by atoms with Crippen LogP contribution in [0.3, 0.4) is 0 Å². The number of aryl methyl sites for hydroxylation is 2. The average molecular weight is 525 g/mol. The summed E-state index contributed by atoms with van der Waals surface area (Å²) in [7, 11) is -4.25. The van der Waals surface area contributed by atoms with Gasteiger partial charge in [-0.15, -0.1) is 0 Å². The second-order valence-electron chi connectivity index (χ2n) is 8.16. The molecule has 0 radical (unpaired) electrons. The Morgan fingerprint density at radius 2 is 2.05 bits per heavy atom. The third-order valence-corrected chi connectivity index (χ3v) is 7.10. The van der Waals surface area contributed by atoms with Crippen molar-refractivity contribution in [1.29, 1.82) is 0 Å². The predicted octanol–water partition coefficient (Wildman–Crippen LogP) is 2.02. The van der Waals surface area contributed by atoms with Gasteiger partial charge in [0.2, 0.25) is 10.0 Å². The van der Waals surface area contributed by atoms with E-state index in [1.54, 1.807) is 24.4 Å². The molecule has 1 atom stereocenters. The molecule has 0 unspecified atom stereocenters. The Morgan fingerprint density at radius 3 is 2.73 bits per heavy atom. The largest absolute Gasteiger partial charge is 0.480 e. The van der Waals surface area contributed by atoms with Crippen LogP contribution in [0.4, 0.5) is 5.82 Å². The van der Waals surface area contributed by atoms with E-state index >= 15 is 0 Å². The number of fused-ring (bicyclic) bond motifs is 1. The molecule has 3 aromatic heterocycles. The first-order chi connectivity index (χ1) is 17.6. The number of carboxylic acid groups (broad SMARTS) is 1. The molecule has 0 bridgehead atoms. The molecule has 0 spiro atoms. The quantitative estimate of drug-likeness (QED) is 0.240. The lowest BCUT2D eigenvalue weighted by molar-refractivity contribution is -0.139. The molecule has 0 amide bonds. The minimum Gasteiger partial charge on any atom is -0.480 e. The fourth-order valence-corrected chi connectivity index (χ4v) is 5.23. The number of hydrogen-bond acceptors (Lipinski definition) is 9. The molecule has 0 saturated carbocycles. The second kappa shape index (κ2) is 10.7. The van der Waals surface area contributed by atoms with E-state index in [0.29, 0.717) is 17.4 Å². The van der Waals surface area contributed by atoms with Crippen LogP contribution in [0.5, 0.6) is 0 Å². The summed E-state index contributed by atoms with van der Waals surface area (Å²) in [6.07, 6.45) is 5.03. The molecule has 0 saturated heterocycles. The Balaban J connectivity index is 1.50. The van der Waals surface area contributed by atoms with Crippen molar-refractivity contribution in [3.8, 4) is 0 Å². The first-order valence-corrected chi connectivity index (χ1v) is 12.6. The van der Waals surface area contributed by atoms with Crippen LogP contribution in [0.25, 0.3) is 17.0 Å². The number of anilines is 1. The van der Waals surface area contributed by atoms with Crippen molar-refractivity contribution in [2.75, 3.05) is 11.9 Å². The molecule has 0 aliphatic rings. The molecular weight excluding hydrogens is 500 g/mol. The highest BCUT2D eigenvalue weighted by Gasteiger charge is 2.31. The molecule has 4 rings (SSSR count). The maximum Gasteiger partial charge on any atom is 0.322 e. The number of nitrogens with one attached hydrogen (secondary N) is 3. The van der Waals surface area contributed by atoms with Crippen LogP contribution in [-0.2, 0) is 21.2 Å². The maximum absolute atomic E-state index is 12.8. The lowest BCUT2D eigenvalue weighted by atomic mass is 10.1. The number of nitrogens with zero attached hydrogens (tertiary/aromatic N) is 3. The summed E-state index contributed by atoms with van der Waals surface area (Å²) in [6.45, 7) is 3.37. The van der Waals surface area contributed by atoms with Gasteiger partial charge in [-0.05, 0) is 43.7 Å². The standard InChI is InChI=1S/C24H24N6O6S/c1-14-22(15(2)36-29-14)37(34,35)30-19(24(32)33)13-21-27-18-9-8-16(12-17(18)23(31)28-21)6-5-11-26-20-7-3-4-10-25-20/h3-10,12,19,30H,11,13H2,1-2H3,(H,25,26)(H,32,33)(H,27,28,31)/b6-5+/t19-/m0/s1. The van der Waals surface area contributed by atoms with Crippen LogP contribution in [0.15, 0.2) is 62.9 Å². The summed E-state index contributed by atoms with van der Waals surface area (Å²) in [5, 5.41) is 16.7. The minimum atomic E-state index is -4.25. The first-order valence-electron chi connectivity index (χ1n) is 11.2. The first kappa shape index (κ1) is 25.7. The van der Waals surface area contributed by atoms with Gasteiger partial charge >= 0.3 is 5.97 Å². The highest BCUT2D eigenvalue weighted by Crippen LogP contribution is 2.19. The molecule has 4 N–H and O–H groups in total. The second-order valence-corrected chi connectivity index (χ2v) is 9.81. The van der Waals surface area contributed by atoms with Gasteiger partial charge in [-0.25, -0.2) is 18.4 Å². The third kappa shape index (κ3) is 6.08. The van der Waals surface area contributed by atoms with Crippen LogP contribution in [0.2, 0.25) is 0 Å². The highest BCUT2D eigenvalue weighted by molar-refractivity contribution is 7.89. The van der Waals surface area contributed by atoms with E-state index in [4.69, 9.17) is 4.52 Å². The number of pyridine rings is 1. The van der Waals surface area contributed by atoms with Crippen molar-refractivity contribution >= 4 is 38.8 Å². The van der Waals surface area contributed by atoms with Crippen molar-refractivity contribution in [3.05, 3.63) is 81.9 Å². The lowest BCUT2D eigenvalue weighted by Crippen LogP contribution is -2.43. The number of rotatable bonds is 10. The van der Waals surface area contributed by atoms with Gasteiger partial charge in [0, 0.05) is 19.2 Å². The molecule has 0 aliphatic heterocycles. The lowest BCUT2D eigenvalue weighted by Gasteiger charge is -2.14. The Bertz CT molecular complexity index is 1610. The third-order valence-electron chi connectivity index (χ3n) is 5.38. The minimum absolute atomic E-state index is 0.0224. The number of aromatic amines is 1. The van der Waals surface area contributed by atoms with E-state index < -0.39 is 27.6 Å². The van der Waals surface area contributed by atoms with Gasteiger partial charge in [0.05, 0.1) is 10.9 Å². The molecule has 1 aromatic carbocycles. The summed E-state index contributed by atoms with van der Waals surface area (Å²) < 4.78 is 32.5. The van der Waals surface area contributed by atoms with Gasteiger partial charge in [0.25, 0.3) is 5.56 Å². The highest BCUT2D eigenvalue weighted by atomic mass is 32.2. The maximum atomic E-state index is 12.8. The summed E-state index contributed by atoms with van der Waals surface area (Å²) in [6, 6.07) is 9.04. The van der Waals surface area contributed by atoms with Crippen molar-refractivity contribution in [2.45, 2.75) is 31.2 Å². The average Bonchev–Trinajstić information content (AvgIpc) is 3.21. The molecule has 13 heteroatoms. The molecule has 0 aliphatic carbocycles. The summed E-state index contributed by atoms with van der Waals surface area (Å²) in [4.78, 5) is 35.4. The monoisotopic (exact) mass is 524 g/mol. The summed E-state index contributed by atoms with van der Waals surface area (Å²) in [5.74, 6) is -0.636. The summed E-state index contributed by atoms with van der Waals surface area (Å²) in [5.41, 5.74) is 0.745. The van der Waals surface area contributed by atoms with Crippen molar-refractivity contribution in [1.82, 2.24) is 24.8 Å². The zero-order chi connectivity index (χ0) is 26.6. The van der Waals surface area contributed by atoms with E-state index in [9.17, 15) is 23.1 Å². The van der Waals surface area contributed by atoms with Crippen LogP contribution in [0, 0.1) is 13.8 Å². The Labute approximate surface area is 211 Å². The molecule has 4 aromatic rings. The Hall–Kier alpha value is -4.36. The van der Waals surface area contributed by atoms with Gasteiger partial charge in [-0.1, -0.05) is 29.4 Å². The number of sulfonamides is 1. The molecule has 3 heterocycles. The number of aromatic nitrogens is 4. The van der Waals surface area contributed by atoms with Gasteiger partial charge < -0.3 is 19.9 Å². The van der Waals surface area contributed by atoms with Gasteiger partial charge in [0.1, 0.15) is 28.3 Å².